The van der Waals surface area contributed by atoms with Crippen molar-refractivity contribution in [1.29, 1.82) is 0 Å². The number of carbonyl (C=O) groups excluding carboxylic acids is 2. The number of hydrogen-bond donors (Lipinski definition) is 1. The van der Waals surface area contributed by atoms with Gasteiger partial charge in [-0.2, -0.15) is 0 Å². The Morgan fingerprint density at radius 3 is 2.20 bits per heavy atom. The molecule has 25 heavy (non-hydrogen) atoms. The molecule has 2 aromatic rings. The first kappa shape index (κ1) is 19.0. The molecule has 0 heterocycles. The maximum absolute atomic E-state index is 13.7. The van der Waals surface area contributed by atoms with E-state index in [0.29, 0.717) is 17.7 Å². The number of carbonyl (C=O) groups is 2. The van der Waals surface area contributed by atoms with E-state index < -0.39 is 40.9 Å². The van der Waals surface area contributed by atoms with Gasteiger partial charge >= 0.3 is 5.97 Å². The Morgan fingerprint density at radius 2 is 1.68 bits per heavy atom. The van der Waals surface area contributed by atoms with Crippen molar-refractivity contribution in [2.45, 2.75) is 12.5 Å². The number of amides is 1. The fourth-order valence-electron chi connectivity index (χ4n) is 2.18. The molecule has 132 valence electrons. The summed E-state index contributed by atoms with van der Waals surface area (Å²) in [5.74, 6) is -5.82. The van der Waals surface area contributed by atoms with Crippen molar-refractivity contribution in [2.24, 2.45) is 0 Å². The minimum absolute atomic E-state index is 0.0517. The molecule has 1 N–H and O–H groups in total. The Labute approximate surface area is 150 Å². The summed E-state index contributed by atoms with van der Waals surface area (Å²) in [6, 6.07) is 6.52. The lowest BCUT2D eigenvalue weighted by atomic mass is 10.1. The maximum Gasteiger partial charge on any atom is 0.328 e. The van der Waals surface area contributed by atoms with Crippen molar-refractivity contribution in [2.75, 3.05) is 7.11 Å². The minimum atomic E-state index is -1.36. The molecule has 0 aromatic heterocycles. The second-order valence-electron chi connectivity index (χ2n) is 5.12. The highest BCUT2D eigenvalue weighted by atomic mass is 79.9. The van der Waals surface area contributed by atoms with Gasteiger partial charge in [0.25, 0.3) is 5.91 Å². The van der Waals surface area contributed by atoms with Crippen LogP contribution in [0.3, 0.4) is 0 Å². The number of halogens is 4. The second-order valence-corrected chi connectivity index (χ2v) is 6.04. The topological polar surface area (TPSA) is 55.4 Å². The van der Waals surface area contributed by atoms with Crippen LogP contribution in [0.25, 0.3) is 0 Å². The van der Waals surface area contributed by atoms with E-state index in [4.69, 9.17) is 0 Å². The summed E-state index contributed by atoms with van der Waals surface area (Å²) < 4.78 is 45.8. The smallest absolute Gasteiger partial charge is 0.328 e. The van der Waals surface area contributed by atoms with Gasteiger partial charge in [-0.1, -0.05) is 28.1 Å². The fraction of sp³-hybridized carbons (Fsp3) is 0.176. The van der Waals surface area contributed by atoms with Gasteiger partial charge in [-0.05, 0) is 17.7 Å². The van der Waals surface area contributed by atoms with Gasteiger partial charge in [-0.15, -0.1) is 0 Å². The van der Waals surface area contributed by atoms with Crippen LogP contribution in [-0.2, 0) is 16.0 Å². The Kier molecular flexibility index (Phi) is 6.19. The number of methoxy groups -OCH3 is 1. The highest BCUT2D eigenvalue weighted by Crippen LogP contribution is 2.16. The van der Waals surface area contributed by atoms with Crippen molar-refractivity contribution in [1.82, 2.24) is 5.32 Å². The lowest BCUT2D eigenvalue weighted by Crippen LogP contribution is -2.43. The molecule has 8 heteroatoms. The number of hydrogen-bond acceptors (Lipinski definition) is 3. The highest BCUT2D eigenvalue weighted by molar-refractivity contribution is 9.10. The number of esters is 1. The largest absolute Gasteiger partial charge is 0.467 e. The highest BCUT2D eigenvalue weighted by Gasteiger charge is 2.26. The van der Waals surface area contributed by atoms with Gasteiger partial charge in [0.15, 0.2) is 0 Å². The Morgan fingerprint density at radius 1 is 1.12 bits per heavy atom. The van der Waals surface area contributed by atoms with E-state index in [1.54, 1.807) is 24.3 Å². The predicted octanol–water partition coefficient (Wildman–Crippen LogP) is 3.38. The molecule has 0 saturated carbocycles. The van der Waals surface area contributed by atoms with Crippen LogP contribution in [0.4, 0.5) is 13.2 Å². The molecule has 2 rings (SSSR count). The van der Waals surface area contributed by atoms with Gasteiger partial charge in [-0.3, -0.25) is 4.79 Å². The zero-order chi connectivity index (χ0) is 18.6. The molecule has 0 unspecified atom stereocenters. The zero-order valence-electron chi connectivity index (χ0n) is 13.0. The van der Waals surface area contributed by atoms with Crippen molar-refractivity contribution < 1.29 is 27.5 Å². The third kappa shape index (κ3) is 4.82. The van der Waals surface area contributed by atoms with E-state index in [2.05, 4.69) is 26.0 Å². The summed E-state index contributed by atoms with van der Waals surface area (Å²) in [5.41, 5.74) is -0.273. The van der Waals surface area contributed by atoms with Crippen molar-refractivity contribution >= 4 is 27.8 Å². The van der Waals surface area contributed by atoms with Crippen LogP contribution in [0.5, 0.6) is 0 Å². The van der Waals surface area contributed by atoms with Gasteiger partial charge in [0.05, 0.1) is 7.11 Å². The van der Waals surface area contributed by atoms with Crippen LogP contribution in [-0.4, -0.2) is 25.0 Å². The first-order valence-corrected chi connectivity index (χ1v) is 7.88. The molecule has 0 spiro atoms. The van der Waals surface area contributed by atoms with Crippen LogP contribution in [0.1, 0.15) is 15.9 Å². The molecule has 0 aliphatic rings. The van der Waals surface area contributed by atoms with E-state index in [-0.39, 0.29) is 6.42 Å². The molecule has 0 aliphatic carbocycles. The SMILES string of the molecule is COC(=O)[C@H](Cc1ccc(Br)cc1)NC(=O)c1c(F)cc(F)cc1F. The summed E-state index contributed by atoms with van der Waals surface area (Å²) in [4.78, 5) is 24.0. The lowest BCUT2D eigenvalue weighted by Gasteiger charge is -2.17. The predicted molar refractivity (Wildman–Crippen MR) is 87.4 cm³/mol. The number of benzene rings is 2. The monoisotopic (exact) mass is 415 g/mol. The number of rotatable bonds is 5. The minimum Gasteiger partial charge on any atom is -0.467 e. The zero-order valence-corrected chi connectivity index (χ0v) is 14.6. The van der Waals surface area contributed by atoms with Crippen LogP contribution in [0.15, 0.2) is 40.9 Å². The third-order valence-corrected chi connectivity index (χ3v) is 3.91. The maximum atomic E-state index is 13.7. The second kappa shape index (κ2) is 8.15. The molecule has 0 saturated heterocycles. The molecule has 0 aliphatic heterocycles. The van der Waals surface area contributed by atoms with E-state index in [9.17, 15) is 22.8 Å². The summed E-state index contributed by atoms with van der Waals surface area (Å²) in [5, 5.41) is 2.22. The Balaban J connectivity index is 2.23. The molecule has 4 nitrogen and oxygen atoms in total. The van der Waals surface area contributed by atoms with Gasteiger partial charge < -0.3 is 10.1 Å². The molecule has 1 amide bonds. The van der Waals surface area contributed by atoms with Crippen LogP contribution < -0.4 is 5.32 Å². The molecule has 0 fully saturated rings. The summed E-state index contributed by atoms with van der Waals surface area (Å²) in [7, 11) is 1.13. The standard InChI is InChI=1S/C17H13BrF3NO3/c1-25-17(24)14(6-9-2-4-10(18)5-3-9)22-16(23)15-12(20)7-11(19)8-13(15)21/h2-5,7-8,14H,6H2,1H3,(H,22,23)/t14-/m0/s1. The fourth-order valence-corrected chi connectivity index (χ4v) is 2.45. The van der Waals surface area contributed by atoms with Crippen molar-refractivity contribution in [3.63, 3.8) is 0 Å². The summed E-state index contributed by atoms with van der Waals surface area (Å²) >= 11 is 3.27. The summed E-state index contributed by atoms with van der Waals surface area (Å²) in [6.07, 6.45) is 0.0517. The molecule has 0 radical (unpaired) electrons. The van der Waals surface area contributed by atoms with E-state index in [0.717, 1.165) is 11.6 Å². The Bertz CT molecular complexity index is 773. The van der Waals surface area contributed by atoms with Gasteiger partial charge in [0.2, 0.25) is 0 Å². The molecule has 2 aromatic carbocycles. The van der Waals surface area contributed by atoms with Gasteiger partial charge in [0, 0.05) is 23.0 Å². The van der Waals surface area contributed by atoms with Crippen LogP contribution >= 0.6 is 15.9 Å². The third-order valence-electron chi connectivity index (χ3n) is 3.38. The molecular formula is C17H13BrF3NO3. The Hall–Kier alpha value is -2.35. The van der Waals surface area contributed by atoms with Crippen molar-refractivity contribution in [3.8, 4) is 0 Å². The average Bonchev–Trinajstić information content (AvgIpc) is 2.54. The molecular weight excluding hydrogens is 403 g/mol. The summed E-state index contributed by atoms with van der Waals surface area (Å²) in [6.45, 7) is 0. The molecule has 1 atom stereocenters. The first-order chi connectivity index (χ1) is 11.8. The normalized spacial score (nSPS) is 11.7. The van der Waals surface area contributed by atoms with Crippen molar-refractivity contribution in [3.05, 3.63) is 69.4 Å². The van der Waals surface area contributed by atoms with Gasteiger partial charge in [0.1, 0.15) is 29.1 Å². The van der Waals surface area contributed by atoms with E-state index in [1.165, 1.54) is 0 Å². The van der Waals surface area contributed by atoms with Crippen LogP contribution in [0.2, 0.25) is 0 Å². The first-order valence-electron chi connectivity index (χ1n) is 7.09. The number of ether oxygens (including phenoxy) is 1. The van der Waals surface area contributed by atoms with E-state index in [1.807, 2.05) is 0 Å². The van der Waals surface area contributed by atoms with Gasteiger partial charge in [-0.25, -0.2) is 18.0 Å². The quantitative estimate of drug-likeness (QED) is 0.761. The molecule has 0 bridgehead atoms. The van der Waals surface area contributed by atoms with Crippen LogP contribution in [0, 0.1) is 17.5 Å². The average molecular weight is 416 g/mol. The lowest BCUT2D eigenvalue weighted by molar-refractivity contribution is -0.142. The number of nitrogens with one attached hydrogen (secondary N) is 1. The van der Waals surface area contributed by atoms with E-state index >= 15 is 0 Å².